The molecular weight excluding hydrogens is 240 g/mol. The Morgan fingerprint density at radius 3 is 2.68 bits per heavy atom. The molecule has 6 nitrogen and oxygen atoms in total. The van der Waals surface area contributed by atoms with Crippen LogP contribution in [-0.2, 0) is 12.8 Å². The molecule has 19 heavy (non-hydrogen) atoms. The van der Waals surface area contributed by atoms with Crippen molar-refractivity contribution in [1.29, 1.82) is 0 Å². The van der Waals surface area contributed by atoms with Gasteiger partial charge in [-0.25, -0.2) is 0 Å². The zero-order valence-corrected chi connectivity index (χ0v) is 10.8. The lowest BCUT2D eigenvalue weighted by Crippen LogP contribution is -2.44. The first-order valence-electron chi connectivity index (χ1n) is 6.68. The van der Waals surface area contributed by atoms with Gasteiger partial charge in [0.05, 0.1) is 0 Å². The summed E-state index contributed by atoms with van der Waals surface area (Å²) in [7, 11) is 0. The fourth-order valence-corrected chi connectivity index (χ4v) is 2.22. The lowest BCUT2D eigenvalue weighted by Gasteiger charge is -2.25. The monoisotopic (exact) mass is 258 g/mol. The van der Waals surface area contributed by atoms with Gasteiger partial charge in [-0.05, 0) is 24.1 Å². The van der Waals surface area contributed by atoms with Gasteiger partial charge in [-0.1, -0.05) is 0 Å². The van der Waals surface area contributed by atoms with Crippen molar-refractivity contribution in [3.8, 4) is 0 Å². The topological polar surface area (TPSA) is 69.7 Å². The first-order valence-corrected chi connectivity index (χ1v) is 6.68. The summed E-state index contributed by atoms with van der Waals surface area (Å²) in [6, 6.07) is 4.07. The number of pyridine rings is 1. The van der Waals surface area contributed by atoms with Gasteiger partial charge in [-0.15, -0.1) is 5.10 Å². The van der Waals surface area contributed by atoms with Crippen molar-refractivity contribution in [2.75, 3.05) is 31.1 Å². The maximum absolute atomic E-state index is 4.56. The SMILES string of the molecule is c1cc(CCc2nc(N3CCNCC3)n[nH]2)ccn1. The van der Waals surface area contributed by atoms with E-state index in [0.29, 0.717) is 0 Å². The second-order valence-corrected chi connectivity index (χ2v) is 4.67. The quantitative estimate of drug-likeness (QED) is 0.830. The molecule has 3 heterocycles. The van der Waals surface area contributed by atoms with Crippen LogP contribution in [0.1, 0.15) is 11.4 Å². The van der Waals surface area contributed by atoms with Gasteiger partial charge in [0.25, 0.3) is 0 Å². The number of aromatic amines is 1. The standard InChI is InChI=1S/C13H18N6/c1(11-3-5-14-6-4-11)2-12-16-13(18-17-12)19-9-7-15-8-10-19/h3-6,15H,1-2,7-10H2,(H,16,17,18). The van der Waals surface area contributed by atoms with Crippen LogP contribution in [0.4, 0.5) is 5.95 Å². The molecule has 0 atom stereocenters. The molecule has 0 aliphatic carbocycles. The largest absolute Gasteiger partial charge is 0.337 e. The summed E-state index contributed by atoms with van der Waals surface area (Å²) in [6.07, 6.45) is 5.48. The molecule has 1 aliphatic heterocycles. The zero-order chi connectivity index (χ0) is 12.9. The fraction of sp³-hybridized carbons (Fsp3) is 0.462. The zero-order valence-electron chi connectivity index (χ0n) is 10.8. The Hall–Kier alpha value is -1.95. The Kier molecular flexibility index (Phi) is 3.69. The fourth-order valence-electron chi connectivity index (χ4n) is 2.22. The van der Waals surface area contributed by atoms with Crippen LogP contribution < -0.4 is 10.2 Å². The lowest BCUT2D eigenvalue weighted by molar-refractivity contribution is 0.580. The van der Waals surface area contributed by atoms with Crippen molar-refractivity contribution in [2.45, 2.75) is 12.8 Å². The molecule has 0 unspecified atom stereocenters. The van der Waals surface area contributed by atoms with Gasteiger partial charge in [0.2, 0.25) is 5.95 Å². The van der Waals surface area contributed by atoms with Gasteiger partial charge in [0.15, 0.2) is 0 Å². The first kappa shape index (κ1) is 12.1. The number of nitrogens with one attached hydrogen (secondary N) is 2. The van der Waals surface area contributed by atoms with Crippen LogP contribution in [0.5, 0.6) is 0 Å². The van der Waals surface area contributed by atoms with Crippen molar-refractivity contribution in [3.63, 3.8) is 0 Å². The van der Waals surface area contributed by atoms with E-state index in [2.05, 4.69) is 30.4 Å². The van der Waals surface area contributed by atoms with Gasteiger partial charge in [0, 0.05) is 45.0 Å². The highest BCUT2D eigenvalue weighted by Gasteiger charge is 2.14. The maximum atomic E-state index is 4.56. The van der Waals surface area contributed by atoms with E-state index in [1.165, 1.54) is 5.56 Å². The Morgan fingerprint density at radius 2 is 1.89 bits per heavy atom. The summed E-state index contributed by atoms with van der Waals surface area (Å²) < 4.78 is 0. The molecule has 0 bridgehead atoms. The second kappa shape index (κ2) is 5.79. The number of anilines is 1. The van der Waals surface area contributed by atoms with Crippen LogP contribution in [0.2, 0.25) is 0 Å². The molecule has 0 amide bonds. The molecular formula is C13H18N6. The lowest BCUT2D eigenvalue weighted by atomic mass is 10.1. The predicted molar refractivity (Wildman–Crippen MR) is 73.1 cm³/mol. The summed E-state index contributed by atoms with van der Waals surface area (Å²) in [4.78, 5) is 10.8. The normalized spacial score (nSPS) is 15.7. The molecule has 6 heteroatoms. The smallest absolute Gasteiger partial charge is 0.244 e. The second-order valence-electron chi connectivity index (χ2n) is 4.67. The van der Waals surface area contributed by atoms with Crippen molar-refractivity contribution < 1.29 is 0 Å². The van der Waals surface area contributed by atoms with E-state index in [4.69, 9.17) is 0 Å². The third kappa shape index (κ3) is 3.08. The number of aromatic nitrogens is 4. The third-order valence-electron chi connectivity index (χ3n) is 3.32. The Balaban J connectivity index is 1.58. The van der Waals surface area contributed by atoms with E-state index in [1.807, 2.05) is 24.5 Å². The Morgan fingerprint density at radius 1 is 1.11 bits per heavy atom. The van der Waals surface area contributed by atoms with E-state index in [0.717, 1.165) is 50.8 Å². The molecule has 1 fully saturated rings. The summed E-state index contributed by atoms with van der Waals surface area (Å²) in [5, 5.41) is 10.7. The van der Waals surface area contributed by atoms with E-state index in [1.54, 1.807) is 0 Å². The average molecular weight is 258 g/mol. The van der Waals surface area contributed by atoms with Gasteiger partial charge in [-0.3, -0.25) is 10.1 Å². The predicted octanol–water partition coefficient (Wildman–Crippen LogP) is 0.394. The number of rotatable bonds is 4. The highest BCUT2D eigenvalue weighted by Crippen LogP contribution is 2.09. The summed E-state index contributed by atoms with van der Waals surface area (Å²) in [5.41, 5.74) is 1.27. The van der Waals surface area contributed by atoms with Gasteiger partial charge < -0.3 is 10.2 Å². The van der Waals surface area contributed by atoms with E-state index in [-0.39, 0.29) is 0 Å². The Labute approximate surface area is 112 Å². The summed E-state index contributed by atoms with van der Waals surface area (Å²) in [5.74, 6) is 1.77. The van der Waals surface area contributed by atoms with Gasteiger partial charge in [-0.2, -0.15) is 4.98 Å². The average Bonchev–Trinajstić information content (AvgIpc) is 2.96. The minimum Gasteiger partial charge on any atom is -0.337 e. The number of hydrogen-bond donors (Lipinski definition) is 2. The van der Waals surface area contributed by atoms with Crippen molar-refractivity contribution in [2.24, 2.45) is 0 Å². The highest BCUT2D eigenvalue weighted by atomic mass is 15.4. The van der Waals surface area contributed by atoms with Crippen molar-refractivity contribution in [3.05, 3.63) is 35.9 Å². The number of H-pyrrole nitrogens is 1. The van der Waals surface area contributed by atoms with Gasteiger partial charge >= 0.3 is 0 Å². The van der Waals surface area contributed by atoms with Crippen molar-refractivity contribution in [1.82, 2.24) is 25.5 Å². The molecule has 0 saturated carbocycles. The van der Waals surface area contributed by atoms with Crippen LogP contribution >= 0.6 is 0 Å². The molecule has 100 valence electrons. The molecule has 1 aliphatic rings. The summed E-state index contributed by atoms with van der Waals surface area (Å²) >= 11 is 0. The molecule has 2 N–H and O–H groups in total. The molecule has 2 aromatic rings. The highest BCUT2D eigenvalue weighted by molar-refractivity contribution is 5.29. The number of hydrogen-bond acceptors (Lipinski definition) is 5. The Bertz CT molecular complexity index is 503. The van der Waals surface area contributed by atoms with E-state index in [9.17, 15) is 0 Å². The minimum absolute atomic E-state index is 0.825. The molecule has 0 radical (unpaired) electrons. The molecule has 0 spiro atoms. The van der Waals surface area contributed by atoms with Crippen LogP contribution in [-0.4, -0.2) is 46.3 Å². The van der Waals surface area contributed by atoms with Crippen LogP contribution in [0.25, 0.3) is 0 Å². The molecule has 1 saturated heterocycles. The molecule has 2 aromatic heterocycles. The van der Waals surface area contributed by atoms with E-state index >= 15 is 0 Å². The van der Waals surface area contributed by atoms with Crippen LogP contribution in [0, 0.1) is 0 Å². The van der Waals surface area contributed by atoms with E-state index < -0.39 is 0 Å². The maximum Gasteiger partial charge on any atom is 0.244 e. The first-order chi connectivity index (χ1) is 9.42. The van der Waals surface area contributed by atoms with Gasteiger partial charge in [0.1, 0.15) is 5.82 Å². The number of aryl methyl sites for hydroxylation is 2. The molecule has 3 rings (SSSR count). The third-order valence-corrected chi connectivity index (χ3v) is 3.32. The summed E-state index contributed by atoms with van der Waals surface area (Å²) in [6.45, 7) is 3.95. The van der Waals surface area contributed by atoms with Crippen molar-refractivity contribution >= 4 is 5.95 Å². The van der Waals surface area contributed by atoms with Crippen LogP contribution in [0.15, 0.2) is 24.5 Å². The number of nitrogens with zero attached hydrogens (tertiary/aromatic N) is 4. The molecule has 0 aromatic carbocycles. The minimum atomic E-state index is 0.825. The van der Waals surface area contributed by atoms with Crippen LogP contribution in [0.3, 0.4) is 0 Å². The number of piperazine rings is 1.